The smallest absolute Gasteiger partial charge is 0.335 e. The fourth-order valence-corrected chi connectivity index (χ4v) is 1.53. The Balaban J connectivity index is 1.99. The zero-order valence-electron chi connectivity index (χ0n) is 9.44. The Bertz CT molecular complexity index is 720. The molecular formula is C11H7N5O3. The van der Waals surface area contributed by atoms with Crippen LogP contribution in [0.15, 0.2) is 34.9 Å². The molecule has 0 spiro atoms. The van der Waals surface area contributed by atoms with E-state index in [1.807, 2.05) is 0 Å². The van der Waals surface area contributed by atoms with Crippen molar-refractivity contribution < 1.29 is 14.3 Å². The number of hydrogen-bond acceptors (Lipinski definition) is 6. The number of nitrogens with zero attached hydrogens (tertiary/aromatic N) is 4. The third-order valence-corrected chi connectivity index (χ3v) is 2.42. The van der Waals surface area contributed by atoms with Crippen molar-refractivity contribution in [3.63, 3.8) is 0 Å². The number of carbonyl (C=O) groups is 1. The van der Waals surface area contributed by atoms with Gasteiger partial charge in [0, 0.05) is 5.56 Å². The molecule has 0 aliphatic carbocycles. The zero-order valence-corrected chi connectivity index (χ0v) is 9.44. The van der Waals surface area contributed by atoms with Crippen molar-refractivity contribution >= 4 is 5.97 Å². The first kappa shape index (κ1) is 11.1. The van der Waals surface area contributed by atoms with Gasteiger partial charge in [-0.15, -0.1) is 10.2 Å². The van der Waals surface area contributed by atoms with Crippen LogP contribution in [0, 0.1) is 0 Å². The number of aromatic amines is 1. The average Bonchev–Trinajstić information content (AvgIpc) is 3.09. The van der Waals surface area contributed by atoms with E-state index in [-0.39, 0.29) is 17.3 Å². The third-order valence-electron chi connectivity index (χ3n) is 2.42. The first-order valence-corrected chi connectivity index (χ1v) is 5.27. The third kappa shape index (κ3) is 2.06. The van der Waals surface area contributed by atoms with Gasteiger partial charge in [0.15, 0.2) is 5.69 Å². The first-order valence-electron chi connectivity index (χ1n) is 5.27. The van der Waals surface area contributed by atoms with E-state index in [1.54, 1.807) is 12.1 Å². The molecular weight excluding hydrogens is 250 g/mol. The maximum Gasteiger partial charge on any atom is 0.335 e. The largest absolute Gasteiger partial charge is 0.478 e. The van der Waals surface area contributed by atoms with Crippen LogP contribution in [0.3, 0.4) is 0 Å². The van der Waals surface area contributed by atoms with Gasteiger partial charge in [-0.25, -0.2) is 4.79 Å². The lowest BCUT2D eigenvalue weighted by Gasteiger charge is -1.96. The zero-order chi connectivity index (χ0) is 13.2. The van der Waals surface area contributed by atoms with Crippen molar-refractivity contribution in [3.05, 3.63) is 36.0 Å². The molecule has 8 heteroatoms. The Morgan fingerprint density at radius 3 is 2.84 bits per heavy atom. The molecule has 2 aromatic heterocycles. The highest BCUT2D eigenvalue weighted by Crippen LogP contribution is 2.22. The van der Waals surface area contributed by atoms with Gasteiger partial charge in [0.2, 0.25) is 5.89 Å². The molecule has 19 heavy (non-hydrogen) atoms. The van der Waals surface area contributed by atoms with Gasteiger partial charge in [-0.05, 0) is 18.2 Å². The van der Waals surface area contributed by atoms with Crippen LogP contribution in [0.1, 0.15) is 10.4 Å². The van der Waals surface area contributed by atoms with E-state index in [4.69, 9.17) is 9.52 Å². The van der Waals surface area contributed by atoms with E-state index in [0.29, 0.717) is 11.3 Å². The van der Waals surface area contributed by atoms with E-state index >= 15 is 0 Å². The summed E-state index contributed by atoms with van der Waals surface area (Å²) in [7, 11) is 0. The number of carboxylic acids is 1. The molecule has 0 aliphatic rings. The molecule has 2 heterocycles. The molecule has 0 unspecified atom stereocenters. The highest BCUT2D eigenvalue weighted by atomic mass is 16.4. The Kier molecular flexibility index (Phi) is 2.53. The van der Waals surface area contributed by atoms with Crippen LogP contribution < -0.4 is 0 Å². The summed E-state index contributed by atoms with van der Waals surface area (Å²) in [5, 5.41) is 26.5. The molecule has 0 fully saturated rings. The summed E-state index contributed by atoms with van der Waals surface area (Å²) in [6, 6.07) is 6.24. The number of carboxylic acid groups (broad SMARTS) is 1. The van der Waals surface area contributed by atoms with Gasteiger partial charge >= 0.3 is 5.97 Å². The molecule has 8 nitrogen and oxygen atoms in total. The summed E-state index contributed by atoms with van der Waals surface area (Å²) in [6.45, 7) is 0. The minimum absolute atomic E-state index is 0.152. The molecule has 0 atom stereocenters. The summed E-state index contributed by atoms with van der Waals surface area (Å²) in [5.41, 5.74) is 1.11. The van der Waals surface area contributed by atoms with Crippen LogP contribution in [-0.2, 0) is 0 Å². The predicted octanol–water partition coefficient (Wildman–Crippen LogP) is 1.22. The average molecular weight is 257 g/mol. The molecule has 94 valence electrons. The van der Waals surface area contributed by atoms with Crippen molar-refractivity contribution in [3.8, 4) is 23.0 Å². The van der Waals surface area contributed by atoms with Crippen LogP contribution in [0.2, 0.25) is 0 Å². The monoisotopic (exact) mass is 257 g/mol. The molecule has 0 radical (unpaired) electrons. The number of aromatic carboxylic acids is 1. The highest BCUT2D eigenvalue weighted by molar-refractivity contribution is 5.88. The van der Waals surface area contributed by atoms with Crippen molar-refractivity contribution in [2.75, 3.05) is 0 Å². The van der Waals surface area contributed by atoms with E-state index in [9.17, 15) is 4.79 Å². The van der Waals surface area contributed by atoms with E-state index < -0.39 is 5.97 Å². The SMILES string of the molecule is O=C(O)c1cccc(-c2nnc(-c3cn[nH]n3)o2)c1. The number of H-pyrrole nitrogens is 1. The molecule has 0 saturated heterocycles. The van der Waals surface area contributed by atoms with Gasteiger partial charge in [-0.2, -0.15) is 15.4 Å². The van der Waals surface area contributed by atoms with Crippen molar-refractivity contribution in [2.24, 2.45) is 0 Å². The lowest BCUT2D eigenvalue weighted by molar-refractivity contribution is 0.0697. The molecule has 3 aromatic rings. The van der Waals surface area contributed by atoms with Crippen molar-refractivity contribution in [2.45, 2.75) is 0 Å². The summed E-state index contributed by atoms with van der Waals surface area (Å²) in [5.74, 6) is -0.580. The molecule has 0 bridgehead atoms. The molecule has 0 aliphatic heterocycles. The summed E-state index contributed by atoms with van der Waals surface area (Å²) in [4.78, 5) is 10.9. The number of aromatic nitrogens is 5. The van der Waals surface area contributed by atoms with Gasteiger partial charge in [-0.1, -0.05) is 6.07 Å². The molecule has 1 aromatic carbocycles. The van der Waals surface area contributed by atoms with Gasteiger partial charge in [-0.3, -0.25) is 0 Å². The first-order chi connectivity index (χ1) is 9.24. The van der Waals surface area contributed by atoms with E-state index in [1.165, 1.54) is 18.3 Å². The van der Waals surface area contributed by atoms with Gasteiger partial charge in [0.05, 0.1) is 11.8 Å². The number of hydrogen-bond donors (Lipinski definition) is 2. The Morgan fingerprint density at radius 2 is 2.11 bits per heavy atom. The Labute approximate surface area is 106 Å². The maximum absolute atomic E-state index is 10.9. The Hall–Kier alpha value is -3.03. The van der Waals surface area contributed by atoms with Crippen molar-refractivity contribution in [1.29, 1.82) is 0 Å². The predicted molar refractivity (Wildman–Crippen MR) is 62.1 cm³/mol. The number of nitrogens with one attached hydrogen (secondary N) is 1. The van der Waals surface area contributed by atoms with E-state index in [0.717, 1.165) is 0 Å². The second-order valence-electron chi connectivity index (χ2n) is 3.65. The molecule has 3 rings (SSSR count). The van der Waals surface area contributed by atoms with E-state index in [2.05, 4.69) is 25.6 Å². The molecule has 0 amide bonds. The summed E-state index contributed by atoms with van der Waals surface area (Å²) >= 11 is 0. The quantitative estimate of drug-likeness (QED) is 0.724. The van der Waals surface area contributed by atoms with Gasteiger partial charge < -0.3 is 9.52 Å². The van der Waals surface area contributed by atoms with Crippen molar-refractivity contribution in [1.82, 2.24) is 25.6 Å². The second kappa shape index (κ2) is 4.33. The summed E-state index contributed by atoms with van der Waals surface area (Å²) < 4.78 is 5.41. The topological polar surface area (TPSA) is 118 Å². The molecule has 2 N–H and O–H groups in total. The minimum atomic E-state index is -1.02. The Morgan fingerprint density at radius 1 is 1.26 bits per heavy atom. The lowest BCUT2D eigenvalue weighted by atomic mass is 10.1. The maximum atomic E-state index is 10.9. The van der Waals surface area contributed by atoms with Crippen LogP contribution in [0.25, 0.3) is 23.0 Å². The molecule has 0 saturated carbocycles. The van der Waals surface area contributed by atoms with Crippen LogP contribution >= 0.6 is 0 Å². The lowest BCUT2D eigenvalue weighted by Crippen LogP contribution is -1.95. The number of rotatable bonds is 3. The van der Waals surface area contributed by atoms with Crippen LogP contribution in [-0.4, -0.2) is 36.7 Å². The fourth-order valence-electron chi connectivity index (χ4n) is 1.53. The van der Waals surface area contributed by atoms with Gasteiger partial charge in [0.25, 0.3) is 5.89 Å². The van der Waals surface area contributed by atoms with Gasteiger partial charge in [0.1, 0.15) is 0 Å². The fraction of sp³-hybridized carbons (Fsp3) is 0. The summed E-state index contributed by atoms with van der Waals surface area (Å²) in [6.07, 6.45) is 1.45. The standard InChI is InChI=1S/C11H7N5O3/c17-11(18)7-3-1-2-6(4-7)9-14-15-10(19-9)8-5-12-16-13-8/h1-5H,(H,17,18)(H,12,13,16). The van der Waals surface area contributed by atoms with Crippen LogP contribution in [0.4, 0.5) is 0 Å². The highest BCUT2D eigenvalue weighted by Gasteiger charge is 2.13. The van der Waals surface area contributed by atoms with Crippen LogP contribution in [0.5, 0.6) is 0 Å². The minimum Gasteiger partial charge on any atom is -0.478 e. The number of benzene rings is 1. The second-order valence-corrected chi connectivity index (χ2v) is 3.65. The normalized spacial score (nSPS) is 10.5.